The van der Waals surface area contributed by atoms with Gasteiger partial charge in [0, 0.05) is 12.1 Å². The number of nitrogens with zero attached hydrogens (tertiary/aromatic N) is 4. The van der Waals surface area contributed by atoms with Gasteiger partial charge in [0.05, 0.1) is 25.9 Å². The molecule has 32 heavy (non-hydrogen) atoms. The third-order valence-corrected chi connectivity index (χ3v) is 4.72. The van der Waals surface area contributed by atoms with Crippen LogP contribution in [0.3, 0.4) is 0 Å². The highest BCUT2D eigenvalue weighted by molar-refractivity contribution is 5.99. The number of alkyl halides is 3. The summed E-state index contributed by atoms with van der Waals surface area (Å²) in [5, 5.41) is 0. The lowest BCUT2D eigenvalue weighted by molar-refractivity contribution is -0.118. The molecule has 0 amide bonds. The Bertz CT molecular complexity index is 1050. The van der Waals surface area contributed by atoms with E-state index in [1.54, 1.807) is 0 Å². The van der Waals surface area contributed by atoms with Crippen LogP contribution in [0.25, 0.3) is 0 Å². The van der Waals surface area contributed by atoms with Crippen molar-refractivity contribution in [1.29, 1.82) is 0 Å². The Labute approximate surface area is 179 Å². The third-order valence-electron chi connectivity index (χ3n) is 4.72. The Morgan fingerprint density at radius 3 is 2.72 bits per heavy atom. The topological polar surface area (TPSA) is 139 Å². The van der Waals surface area contributed by atoms with Crippen LogP contribution in [0.2, 0.25) is 0 Å². The van der Waals surface area contributed by atoms with Crippen LogP contribution in [0.1, 0.15) is 35.2 Å². The Morgan fingerprint density at radius 1 is 1.28 bits per heavy atom. The number of Topliss-reactive ketones (excluding diaryl/α,β-unsaturated/α-hetero) is 1. The lowest BCUT2D eigenvalue weighted by Gasteiger charge is -2.36. The maximum absolute atomic E-state index is 14.5. The third kappa shape index (κ3) is 4.55. The van der Waals surface area contributed by atoms with Crippen molar-refractivity contribution in [3.05, 3.63) is 41.2 Å². The van der Waals surface area contributed by atoms with E-state index in [9.17, 15) is 22.4 Å². The molecule has 3 rings (SSSR count). The molecule has 9 nitrogen and oxygen atoms in total. The lowest BCUT2D eigenvalue weighted by atomic mass is 9.88. The summed E-state index contributed by atoms with van der Waals surface area (Å²) < 4.78 is 65.4. The molecule has 0 aliphatic carbocycles. The molecule has 0 saturated carbocycles. The number of carbonyl (C=O) groups excluding carboxylic acids is 1. The van der Waals surface area contributed by atoms with Crippen molar-refractivity contribution in [2.45, 2.75) is 31.2 Å². The number of hydrogen-bond donors (Lipinski definition) is 2. The predicted octanol–water partition coefficient (Wildman–Crippen LogP) is 1.95. The fraction of sp³-hybridized carbons (Fsp3) is 0.421. The molecule has 0 radical (unpaired) electrons. The van der Waals surface area contributed by atoms with E-state index in [4.69, 9.17) is 16.2 Å². The maximum atomic E-state index is 14.5. The highest BCUT2D eigenvalue weighted by atomic mass is 19.3. The van der Waals surface area contributed by atoms with Crippen molar-refractivity contribution >= 4 is 17.6 Å². The van der Waals surface area contributed by atoms with Gasteiger partial charge in [0.15, 0.2) is 23.7 Å². The van der Waals surface area contributed by atoms with Gasteiger partial charge >= 0.3 is 5.92 Å². The molecule has 13 heteroatoms. The van der Waals surface area contributed by atoms with Gasteiger partial charge in [-0.25, -0.2) is 14.4 Å². The number of ketones is 1. The first-order valence-electron chi connectivity index (χ1n) is 9.43. The molecule has 1 aliphatic heterocycles. The van der Waals surface area contributed by atoms with Crippen LogP contribution in [0.15, 0.2) is 23.3 Å². The fourth-order valence-corrected chi connectivity index (χ4v) is 2.94. The van der Waals surface area contributed by atoms with Crippen molar-refractivity contribution in [2.24, 2.45) is 10.7 Å². The normalized spacial score (nSPS) is 19.7. The Kier molecular flexibility index (Phi) is 6.46. The van der Waals surface area contributed by atoms with Gasteiger partial charge in [-0.05, 0) is 19.1 Å². The van der Waals surface area contributed by atoms with Gasteiger partial charge in [-0.1, -0.05) is 0 Å². The number of amidine groups is 1. The van der Waals surface area contributed by atoms with Crippen molar-refractivity contribution in [3.8, 4) is 5.88 Å². The number of halogens is 4. The smallest absolute Gasteiger partial charge is 0.311 e. The van der Waals surface area contributed by atoms with Crippen LogP contribution in [0.5, 0.6) is 5.88 Å². The minimum absolute atomic E-state index is 0.0137. The highest BCUT2D eigenvalue weighted by Crippen LogP contribution is 2.43. The van der Waals surface area contributed by atoms with Gasteiger partial charge in [0.1, 0.15) is 17.2 Å². The van der Waals surface area contributed by atoms with Crippen LogP contribution in [-0.2, 0) is 16.7 Å². The number of anilines is 1. The summed E-state index contributed by atoms with van der Waals surface area (Å²) in [5.74, 6) is -5.52. The average molecular weight is 456 g/mol. The average Bonchev–Trinajstić information content (AvgIpc) is 2.73. The zero-order valence-corrected chi connectivity index (χ0v) is 16.9. The maximum Gasteiger partial charge on any atom is 0.311 e. The SMILES string of the molecule is C[C@]1(c2nc(CC(=O)c3ncc(OCCCF)nc3N)ccc2F)N=C(N)OCC1(F)F. The number of carbonyl (C=O) groups is 1. The van der Waals surface area contributed by atoms with E-state index in [1.807, 2.05) is 0 Å². The summed E-state index contributed by atoms with van der Waals surface area (Å²) in [4.78, 5) is 27.9. The van der Waals surface area contributed by atoms with Gasteiger partial charge in [0.25, 0.3) is 6.02 Å². The number of aromatic nitrogens is 3. The van der Waals surface area contributed by atoms with Crippen molar-refractivity contribution in [1.82, 2.24) is 15.0 Å². The summed E-state index contributed by atoms with van der Waals surface area (Å²) in [6.45, 7) is -0.636. The molecule has 0 spiro atoms. The number of nitrogens with two attached hydrogens (primary N) is 2. The molecule has 0 aromatic carbocycles. The predicted molar refractivity (Wildman–Crippen MR) is 105 cm³/mol. The zero-order valence-electron chi connectivity index (χ0n) is 16.9. The van der Waals surface area contributed by atoms with Crippen LogP contribution in [-0.4, -0.2) is 52.6 Å². The molecule has 0 unspecified atom stereocenters. The first-order valence-corrected chi connectivity index (χ1v) is 9.43. The van der Waals surface area contributed by atoms with Gasteiger partial charge in [-0.2, -0.15) is 13.8 Å². The largest absolute Gasteiger partial charge is 0.476 e. The molecule has 2 aromatic rings. The van der Waals surface area contributed by atoms with E-state index < -0.39 is 54.5 Å². The highest BCUT2D eigenvalue weighted by Gasteiger charge is 2.57. The standard InChI is InChI=1S/C19H20F4N6O3/c1-18(19(22,23)9-32-17(25)29-18)15-11(21)4-3-10(27-15)7-12(30)14-16(24)28-13(8-26-14)31-6-2-5-20/h3-4,8H,2,5-7,9H2,1H3,(H2,24,28)(H2,25,29)/t18-/m1/s1. The Morgan fingerprint density at radius 2 is 2.03 bits per heavy atom. The van der Waals surface area contributed by atoms with Crippen molar-refractivity contribution < 1.29 is 31.8 Å². The van der Waals surface area contributed by atoms with E-state index >= 15 is 0 Å². The van der Waals surface area contributed by atoms with E-state index in [0.717, 1.165) is 19.2 Å². The number of pyridine rings is 1. The lowest BCUT2D eigenvalue weighted by Crippen LogP contribution is -2.51. The van der Waals surface area contributed by atoms with Crippen LogP contribution < -0.4 is 16.2 Å². The number of hydrogen-bond acceptors (Lipinski definition) is 9. The molecule has 2 aromatic heterocycles. The van der Waals surface area contributed by atoms with Gasteiger partial charge < -0.3 is 20.9 Å². The Balaban J connectivity index is 1.85. The monoisotopic (exact) mass is 456 g/mol. The number of aliphatic imine (C=N–C) groups is 1. The molecule has 172 valence electrons. The first-order chi connectivity index (χ1) is 15.1. The first kappa shape index (κ1) is 23.2. The van der Waals surface area contributed by atoms with Crippen LogP contribution in [0.4, 0.5) is 23.4 Å². The minimum Gasteiger partial charge on any atom is -0.476 e. The molecule has 1 atom stereocenters. The molecule has 0 fully saturated rings. The number of nitrogen functional groups attached to an aromatic ring is 1. The molecule has 4 N–H and O–H groups in total. The Hall–Kier alpha value is -3.51. The van der Waals surface area contributed by atoms with Gasteiger partial charge in [-0.3, -0.25) is 14.2 Å². The van der Waals surface area contributed by atoms with Crippen LogP contribution >= 0.6 is 0 Å². The summed E-state index contributed by atoms with van der Waals surface area (Å²) in [6, 6.07) is 1.55. The molecule has 3 heterocycles. The number of rotatable bonds is 8. The van der Waals surface area contributed by atoms with E-state index in [2.05, 4.69) is 24.7 Å². The quantitative estimate of drug-likeness (QED) is 0.349. The molecule has 0 saturated heterocycles. The zero-order chi connectivity index (χ0) is 23.5. The summed E-state index contributed by atoms with van der Waals surface area (Å²) in [6.07, 6.45) is 0.874. The fourth-order valence-electron chi connectivity index (χ4n) is 2.94. The van der Waals surface area contributed by atoms with Crippen LogP contribution in [0, 0.1) is 5.82 Å². The molecular formula is C19H20F4N6O3. The summed E-state index contributed by atoms with van der Waals surface area (Å²) in [7, 11) is 0. The molecule has 1 aliphatic rings. The summed E-state index contributed by atoms with van der Waals surface area (Å²) in [5.41, 5.74) is 7.81. The van der Waals surface area contributed by atoms with Crippen molar-refractivity contribution in [3.63, 3.8) is 0 Å². The van der Waals surface area contributed by atoms with Gasteiger partial charge in [-0.15, -0.1) is 0 Å². The van der Waals surface area contributed by atoms with E-state index in [0.29, 0.717) is 0 Å². The second-order valence-electron chi connectivity index (χ2n) is 7.08. The second kappa shape index (κ2) is 8.93. The minimum atomic E-state index is -3.61. The van der Waals surface area contributed by atoms with E-state index in [-0.39, 0.29) is 36.1 Å². The van der Waals surface area contributed by atoms with Gasteiger partial charge in [0.2, 0.25) is 5.88 Å². The van der Waals surface area contributed by atoms with Crippen molar-refractivity contribution in [2.75, 3.05) is 25.6 Å². The van der Waals surface area contributed by atoms with E-state index in [1.165, 1.54) is 6.07 Å². The molecule has 0 bridgehead atoms. The second-order valence-corrected chi connectivity index (χ2v) is 7.08. The molecular weight excluding hydrogens is 436 g/mol. The summed E-state index contributed by atoms with van der Waals surface area (Å²) >= 11 is 0. The number of ether oxygens (including phenoxy) is 2.